The first-order valence-electron chi connectivity index (χ1n) is 5.90. The lowest BCUT2D eigenvalue weighted by atomic mass is 10.00. The lowest BCUT2D eigenvalue weighted by molar-refractivity contribution is -0.128. The molecule has 16 heavy (non-hydrogen) atoms. The average Bonchev–Trinajstić information content (AvgIpc) is 2.76. The minimum absolute atomic E-state index is 0.225. The Balaban J connectivity index is 2.13. The van der Waals surface area contributed by atoms with Crippen LogP contribution >= 0.6 is 12.6 Å². The fourth-order valence-corrected chi connectivity index (χ4v) is 3.44. The van der Waals surface area contributed by atoms with E-state index in [9.17, 15) is 4.79 Å². The molecule has 2 saturated heterocycles. The number of likely N-dealkylation sites (tertiary alicyclic amines) is 2. The maximum absolute atomic E-state index is 11.5. The summed E-state index contributed by atoms with van der Waals surface area (Å²) in [7, 11) is 0. The Hall–Kier alpha value is -0.260. The van der Waals surface area contributed by atoms with Crippen LogP contribution in [0.1, 0.15) is 26.7 Å². The molecule has 0 saturated carbocycles. The number of thiol groups is 1. The van der Waals surface area contributed by atoms with Crippen LogP contribution in [0, 0.1) is 0 Å². The van der Waals surface area contributed by atoms with Crippen LogP contribution < -0.4 is 5.73 Å². The monoisotopic (exact) mass is 243 g/mol. The summed E-state index contributed by atoms with van der Waals surface area (Å²) in [6.07, 6.45) is 2.25. The molecule has 2 unspecified atom stereocenters. The van der Waals surface area contributed by atoms with Crippen LogP contribution in [-0.4, -0.2) is 52.3 Å². The Morgan fingerprint density at radius 3 is 2.56 bits per heavy atom. The van der Waals surface area contributed by atoms with Gasteiger partial charge in [0.05, 0.1) is 5.54 Å². The summed E-state index contributed by atoms with van der Waals surface area (Å²) in [5.74, 6) is 0.587. The maximum atomic E-state index is 11.5. The molecule has 0 radical (unpaired) electrons. The number of hydrogen-bond donors (Lipinski definition) is 2. The molecule has 0 aromatic heterocycles. The molecule has 0 spiro atoms. The van der Waals surface area contributed by atoms with E-state index in [1.54, 1.807) is 0 Å². The SMILES string of the molecule is CC(C)(C(N)=O)N1CCC2C1CCN2CS. The van der Waals surface area contributed by atoms with Crippen molar-refractivity contribution in [2.75, 3.05) is 19.0 Å². The van der Waals surface area contributed by atoms with Gasteiger partial charge in [0.15, 0.2) is 0 Å². The number of carbonyl (C=O) groups excluding carboxylic acids is 1. The van der Waals surface area contributed by atoms with Gasteiger partial charge in [-0.3, -0.25) is 14.6 Å². The molecule has 2 N–H and O–H groups in total. The third-order valence-electron chi connectivity index (χ3n) is 4.19. The van der Waals surface area contributed by atoms with Crippen molar-refractivity contribution in [3.05, 3.63) is 0 Å². The molecule has 0 aliphatic carbocycles. The van der Waals surface area contributed by atoms with Gasteiger partial charge >= 0.3 is 0 Å². The van der Waals surface area contributed by atoms with Crippen molar-refractivity contribution in [3.8, 4) is 0 Å². The molecule has 0 bridgehead atoms. The normalized spacial score (nSPS) is 31.9. The lowest BCUT2D eigenvalue weighted by Gasteiger charge is -2.36. The molecular weight excluding hydrogens is 222 g/mol. The predicted molar refractivity (Wildman–Crippen MR) is 67.3 cm³/mol. The summed E-state index contributed by atoms with van der Waals surface area (Å²) in [6, 6.07) is 1.05. The van der Waals surface area contributed by atoms with E-state index in [2.05, 4.69) is 22.4 Å². The smallest absolute Gasteiger partial charge is 0.237 e. The average molecular weight is 243 g/mol. The van der Waals surface area contributed by atoms with Crippen LogP contribution in [-0.2, 0) is 4.79 Å². The number of nitrogens with two attached hydrogens (primary N) is 1. The van der Waals surface area contributed by atoms with E-state index in [4.69, 9.17) is 5.73 Å². The van der Waals surface area contributed by atoms with Crippen LogP contribution in [0.2, 0.25) is 0 Å². The molecule has 2 heterocycles. The topological polar surface area (TPSA) is 49.6 Å². The van der Waals surface area contributed by atoms with Crippen molar-refractivity contribution in [2.45, 2.75) is 44.3 Å². The van der Waals surface area contributed by atoms with Crippen LogP contribution in [0.25, 0.3) is 0 Å². The summed E-state index contributed by atoms with van der Waals surface area (Å²) in [6.45, 7) is 5.92. The van der Waals surface area contributed by atoms with Gasteiger partial charge in [0.1, 0.15) is 0 Å². The Morgan fingerprint density at radius 1 is 1.38 bits per heavy atom. The fraction of sp³-hybridized carbons (Fsp3) is 0.909. The third kappa shape index (κ3) is 1.75. The zero-order valence-electron chi connectivity index (χ0n) is 10.0. The minimum Gasteiger partial charge on any atom is -0.368 e. The van der Waals surface area contributed by atoms with Crippen LogP contribution in [0.3, 0.4) is 0 Å². The van der Waals surface area contributed by atoms with E-state index in [-0.39, 0.29) is 5.91 Å². The van der Waals surface area contributed by atoms with Crippen LogP contribution in [0.15, 0.2) is 0 Å². The second-order valence-electron chi connectivity index (χ2n) is 5.28. The fourth-order valence-electron chi connectivity index (χ4n) is 3.09. The molecule has 5 heteroatoms. The van der Waals surface area contributed by atoms with E-state index < -0.39 is 5.54 Å². The summed E-state index contributed by atoms with van der Waals surface area (Å²) in [5, 5.41) is 0. The minimum atomic E-state index is -0.522. The molecule has 4 nitrogen and oxygen atoms in total. The second-order valence-corrected chi connectivity index (χ2v) is 5.57. The first-order chi connectivity index (χ1) is 7.48. The predicted octanol–water partition coefficient (Wildman–Crippen LogP) is 0.286. The van der Waals surface area contributed by atoms with Gasteiger partial charge in [0.25, 0.3) is 0 Å². The van der Waals surface area contributed by atoms with Crippen molar-refractivity contribution in [1.29, 1.82) is 0 Å². The van der Waals surface area contributed by atoms with E-state index in [0.29, 0.717) is 12.1 Å². The van der Waals surface area contributed by atoms with Gasteiger partial charge in [0, 0.05) is 31.0 Å². The summed E-state index contributed by atoms with van der Waals surface area (Å²) < 4.78 is 0. The molecule has 2 rings (SSSR count). The Kier molecular flexibility index (Phi) is 3.20. The van der Waals surface area contributed by atoms with Crippen LogP contribution in [0.5, 0.6) is 0 Å². The van der Waals surface area contributed by atoms with E-state index in [1.165, 1.54) is 0 Å². The summed E-state index contributed by atoms with van der Waals surface area (Å²) >= 11 is 4.36. The van der Waals surface area contributed by atoms with Crippen molar-refractivity contribution in [1.82, 2.24) is 9.80 Å². The number of primary amides is 1. The third-order valence-corrected chi connectivity index (χ3v) is 4.56. The number of nitrogens with zero attached hydrogens (tertiary/aromatic N) is 2. The Morgan fingerprint density at radius 2 is 2.00 bits per heavy atom. The molecule has 2 atom stereocenters. The molecule has 2 aliphatic rings. The molecule has 2 aliphatic heterocycles. The largest absolute Gasteiger partial charge is 0.368 e. The first-order valence-corrected chi connectivity index (χ1v) is 6.53. The van der Waals surface area contributed by atoms with Gasteiger partial charge in [0.2, 0.25) is 5.91 Å². The quantitative estimate of drug-likeness (QED) is 0.700. The molecule has 0 aromatic carbocycles. The molecule has 2 fully saturated rings. The number of rotatable bonds is 3. The van der Waals surface area contributed by atoms with Gasteiger partial charge in [-0.25, -0.2) is 0 Å². The lowest BCUT2D eigenvalue weighted by Crippen LogP contribution is -2.55. The molecule has 92 valence electrons. The Labute approximate surface area is 103 Å². The van der Waals surface area contributed by atoms with E-state index in [0.717, 1.165) is 31.8 Å². The number of hydrogen-bond acceptors (Lipinski definition) is 4. The van der Waals surface area contributed by atoms with Gasteiger partial charge in [-0.15, -0.1) is 0 Å². The first kappa shape index (κ1) is 12.2. The highest BCUT2D eigenvalue weighted by atomic mass is 32.1. The van der Waals surface area contributed by atoms with Crippen molar-refractivity contribution >= 4 is 18.5 Å². The van der Waals surface area contributed by atoms with E-state index in [1.807, 2.05) is 13.8 Å². The zero-order valence-corrected chi connectivity index (χ0v) is 10.9. The van der Waals surface area contributed by atoms with Crippen molar-refractivity contribution in [3.63, 3.8) is 0 Å². The second kappa shape index (κ2) is 4.20. The summed E-state index contributed by atoms with van der Waals surface area (Å²) in [4.78, 5) is 16.2. The van der Waals surface area contributed by atoms with Gasteiger partial charge in [-0.1, -0.05) is 0 Å². The van der Waals surface area contributed by atoms with Gasteiger partial charge < -0.3 is 5.73 Å². The number of fused-ring (bicyclic) bond motifs is 1. The standard InChI is InChI=1S/C11H21N3OS/c1-11(2,10(12)15)14-6-4-8-9(14)3-5-13(8)7-16/h8-9,16H,3-7H2,1-2H3,(H2,12,15). The van der Waals surface area contributed by atoms with Gasteiger partial charge in [-0.05, 0) is 26.7 Å². The highest BCUT2D eigenvalue weighted by molar-refractivity contribution is 7.80. The van der Waals surface area contributed by atoms with Gasteiger partial charge in [-0.2, -0.15) is 12.6 Å². The van der Waals surface area contributed by atoms with Crippen molar-refractivity contribution < 1.29 is 4.79 Å². The highest BCUT2D eigenvalue weighted by Crippen LogP contribution is 2.35. The number of amides is 1. The van der Waals surface area contributed by atoms with E-state index >= 15 is 0 Å². The zero-order chi connectivity index (χ0) is 11.9. The van der Waals surface area contributed by atoms with Crippen molar-refractivity contribution in [2.24, 2.45) is 5.73 Å². The summed E-state index contributed by atoms with van der Waals surface area (Å²) in [5.41, 5.74) is 4.97. The molecule has 1 amide bonds. The highest BCUT2D eigenvalue weighted by Gasteiger charge is 2.48. The van der Waals surface area contributed by atoms with Crippen LogP contribution in [0.4, 0.5) is 0 Å². The maximum Gasteiger partial charge on any atom is 0.237 e. The molecule has 0 aromatic rings. The number of carbonyl (C=O) groups is 1. The Bertz CT molecular complexity index is 295. The molecular formula is C11H21N3OS.